The maximum absolute atomic E-state index is 11.3. The molecule has 0 unspecified atom stereocenters. The van der Waals surface area contributed by atoms with E-state index in [1.807, 2.05) is 30.3 Å². The van der Waals surface area contributed by atoms with Crippen molar-refractivity contribution in [2.45, 2.75) is 0 Å². The summed E-state index contributed by atoms with van der Waals surface area (Å²) in [5.41, 5.74) is 3.17. The minimum absolute atomic E-state index is 0.149. The van der Waals surface area contributed by atoms with Crippen molar-refractivity contribution in [2.75, 3.05) is 14.2 Å². The average molecular weight is 207 g/mol. The third-order valence-electron chi connectivity index (χ3n) is 1.71. The Kier molecular flexibility index (Phi) is 4.37. The van der Waals surface area contributed by atoms with E-state index in [9.17, 15) is 4.79 Å². The van der Waals surface area contributed by atoms with Crippen molar-refractivity contribution < 1.29 is 14.4 Å². The lowest BCUT2D eigenvalue weighted by atomic mass is 10.2. The monoisotopic (exact) mass is 207 g/mol. The molecule has 15 heavy (non-hydrogen) atoms. The van der Waals surface area contributed by atoms with Crippen LogP contribution in [0.2, 0.25) is 0 Å². The smallest absolute Gasteiger partial charge is 0.392 e. The van der Waals surface area contributed by atoms with Gasteiger partial charge in [-0.15, -0.1) is 0 Å². The Morgan fingerprint density at radius 2 is 2.00 bits per heavy atom. The number of hydrogen-bond acceptors (Lipinski definition) is 4. The number of rotatable bonds is 4. The molecule has 0 atom stereocenters. The van der Waals surface area contributed by atoms with Crippen molar-refractivity contribution in [3.63, 3.8) is 0 Å². The molecule has 4 nitrogen and oxygen atoms in total. The van der Waals surface area contributed by atoms with E-state index in [1.54, 1.807) is 6.08 Å². The molecule has 0 heterocycles. The molecule has 4 heteroatoms. The van der Waals surface area contributed by atoms with E-state index < -0.39 is 5.97 Å². The molecule has 0 bridgehead atoms. The molecule has 0 radical (unpaired) electrons. The normalized spacial score (nSPS) is 10.9. The molecule has 1 rings (SSSR count). The van der Waals surface area contributed by atoms with E-state index in [-0.39, 0.29) is 5.76 Å². The second kappa shape index (κ2) is 5.82. The van der Waals surface area contributed by atoms with Gasteiger partial charge in [0.2, 0.25) is 5.76 Å². The van der Waals surface area contributed by atoms with Crippen LogP contribution in [-0.2, 0) is 14.4 Å². The summed E-state index contributed by atoms with van der Waals surface area (Å²) in [7, 11) is 2.93. The molecule has 0 aliphatic carbocycles. The van der Waals surface area contributed by atoms with Gasteiger partial charge >= 0.3 is 5.97 Å². The summed E-state index contributed by atoms with van der Waals surface area (Å²) in [5, 5.41) is 0. The maximum Gasteiger partial charge on any atom is 0.392 e. The number of nitrogens with one attached hydrogen (secondary N) is 1. The fourth-order valence-electron chi connectivity index (χ4n) is 1.04. The molecule has 0 aliphatic heterocycles. The zero-order valence-electron chi connectivity index (χ0n) is 8.69. The number of carbonyl (C=O) groups excluding carboxylic acids is 1. The van der Waals surface area contributed by atoms with Gasteiger partial charge in [0, 0.05) is 7.05 Å². The molecule has 1 aromatic rings. The molecule has 0 saturated carbocycles. The summed E-state index contributed by atoms with van der Waals surface area (Å²) in [5.74, 6) is -0.403. The predicted molar refractivity (Wildman–Crippen MR) is 56.6 cm³/mol. The number of carbonyl (C=O) groups is 1. The van der Waals surface area contributed by atoms with Crippen molar-refractivity contribution in [1.29, 1.82) is 0 Å². The SMILES string of the molecule is CNOC(=O)C(=Cc1ccccc1)OC. The molecule has 1 aromatic carbocycles. The maximum atomic E-state index is 11.3. The highest BCUT2D eigenvalue weighted by molar-refractivity contribution is 5.91. The van der Waals surface area contributed by atoms with Gasteiger partial charge in [-0.3, -0.25) is 0 Å². The summed E-state index contributed by atoms with van der Waals surface area (Å²) in [6, 6.07) is 9.39. The van der Waals surface area contributed by atoms with Crippen LogP contribution in [0.3, 0.4) is 0 Å². The molecule has 1 N–H and O–H groups in total. The van der Waals surface area contributed by atoms with Crippen LogP contribution in [0.15, 0.2) is 36.1 Å². The lowest BCUT2D eigenvalue weighted by Gasteiger charge is -2.04. The van der Waals surface area contributed by atoms with Gasteiger partial charge in [-0.1, -0.05) is 30.3 Å². The molecule has 0 aliphatic rings. The molecule has 0 fully saturated rings. The van der Waals surface area contributed by atoms with Crippen LogP contribution in [0.4, 0.5) is 0 Å². The molecule has 0 saturated heterocycles. The van der Waals surface area contributed by atoms with Crippen LogP contribution in [0, 0.1) is 0 Å². The van der Waals surface area contributed by atoms with Gasteiger partial charge in [-0.05, 0) is 11.6 Å². The van der Waals surface area contributed by atoms with E-state index in [0.717, 1.165) is 5.56 Å². The van der Waals surface area contributed by atoms with E-state index in [2.05, 4.69) is 10.3 Å². The van der Waals surface area contributed by atoms with Crippen LogP contribution in [-0.4, -0.2) is 20.1 Å². The standard InChI is InChI=1S/C11H13NO3/c1-12-15-11(13)10(14-2)8-9-6-4-3-5-7-9/h3-8,12H,1-2H3. The van der Waals surface area contributed by atoms with Gasteiger partial charge in [0.25, 0.3) is 0 Å². The van der Waals surface area contributed by atoms with Crippen molar-refractivity contribution >= 4 is 12.0 Å². The summed E-state index contributed by atoms with van der Waals surface area (Å²) >= 11 is 0. The number of hydroxylamine groups is 1. The molecule has 0 spiro atoms. The van der Waals surface area contributed by atoms with Gasteiger partial charge in [0.15, 0.2) is 0 Å². The topological polar surface area (TPSA) is 47.6 Å². The number of hydrogen-bond donors (Lipinski definition) is 1. The van der Waals surface area contributed by atoms with Gasteiger partial charge in [0.1, 0.15) is 0 Å². The lowest BCUT2D eigenvalue weighted by molar-refractivity contribution is -0.148. The fourth-order valence-corrected chi connectivity index (χ4v) is 1.04. The highest BCUT2D eigenvalue weighted by atomic mass is 16.7. The number of benzene rings is 1. The third kappa shape index (κ3) is 3.44. The Hall–Kier alpha value is -1.81. The first-order chi connectivity index (χ1) is 7.27. The average Bonchev–Trinajstić information content (AvgIpc) is 2.27. The molecular formula is C11H13NO3. The van der Waals surface area contributed by atoms with E-state index in [1.165, 1.54) is 14.2 Å². The van der Waals surface area contributed by atoms with Crippen molar-refractivity contribution in [3.8, 4) is 0 Å². The van der Waals surface area contributed by atoms with Crippen LogP contribution < -0.4 is 5.48 Å². The summed E-state index contributed by atoms with van der Waals surface area (Å²) in [6.07, 6.45) is 1.61. The van der Waals surface area contributed by atoms with Gasteiger partial charge in [-0.25, -0.2) is 4.79 Å². The molecule has 0 amide bonds. The van der Waals surface area contributed by atoms with E-state index in [4.69, 9.17) is 4.74 Å². The van der Waals surface area contributed by atoms with Crippen LogP contribution in [0.25, 0.3) is 6.08 Å². The van der Waals surface area contributed by atoms with Crippen molar-refractivity contribution in [2.24, 2.45) is 0 Å². The van der Waals surface area contributed by atoms with Crippen molar-refractivity contribution in [3.05, 3.63) is 41.7 Å². The van der Waals surface area contributed by atoms with E-state index in [0.29, 0.717) is 0 Å². The molecule has 0 aromatic heterocycles. The first kappa shape index (κ1) is 11.3. The zero-order chi connectivity index (χ0) is 11.1. The Balaban J connectivity index is 2.83. The fraction of sp³-hybridized carbons (Fsp3) is 0.182. The predicted octanol–water partition coefficient (Wildman–Crippen LogP) is 1.35. The number of ether oxygens (including phenoxy) is 1. The summed E-state index contributed by atoms with van der Waals surface area (Å²) < 4.78 is 4.92. The Morgan fingerprint density at radius 1 is 1.33 bits per heavy atom. The lowest BCUT2D eigenvalue weighted by Crippen LogP contribution is -2.17. The van der Waals surface area contributed by atoms with Crippen LogP contribution in [0.1, 0.15) is 5.56 Å². The first-order valence-electron chi connectivity index (χ1n) is 4.46. The van der Waals surface area contributed by atoms with E-state index >= 15 is 0 Å². The summed E-state index contributed by atoms with van der Waals surface area (Å²) in [6.45, 7) is 0. The van der Waals surface area contributed by atoms with Gasteiger partial charge in [-0.2, -0.15) is 5.48 Å². The summed E-state index contributed by atoms with van der Waals surface area (Å²) in [4.78, 5) is 15.9. The second-order valence-corrected chi connectivity index (χ2v) is 2.72. The second-order valence-electron chi connectivity index (χ2n) is 2.72. The highest BCUT2D eigenvalue weighted by Crippen LogP contribution is 2.07. The van der Waals surface area contributed by atoms with Crippen LogP contribution in [0.5, 0.6) is 0 Å². The molecule has 80 valence electrons. The zero-order valence-corrected chi connectivity index (χ0v) is 8.69. The van der Waals surface area contributed by atoms with Gasteiger partial charge < -0.3 is 9.57 Å². The Bertz CT molecular complexity index is 346. The largest absolute Gasteiger partial charge is 0.490 e. The minimum atomic E-state index is -0.552. The highest BCUT2D eigenvalue weighted by Gasteiger charge is 2.10. The Labute approximate surface area is 88.5 Å². The first-order valence-corrected chi connectivity index (χ1v) is 4.46. The van der Waals surface area contributed by atoms with Crippen LogP contribution >= 0.6 is 0 Å². The van der Waals surface area contributed by atoms with Gasteiger partial charge in [0.05, 0.1) is 7.11 Å². The van der Waals surface area contributed by atoms with Crippen molar-refractivity contribution in [1.82, 2.24) is 5.48 Å². The third-order valence-corrected chi connectivity index (χ3v) is 1.71. The minimum Gasteiger partial charge on any atom is -0.490 e. The Morgan fingerprint density at radius 3 is 2.53 bits per heavy atom. The molecular weight excluding hydrogens is 194 g/mol. The number of methoxy groups -OCH3 is 1. The quantitative estimate of drug-likeness (QED) is 0.460.